The van der Waals surface area contributed by atoms with Gasteiger partial charge in [0.15, 0.2) is 11.2 Å². The topological polar surface area (TPSA) is 80.3 Å². The van der Waals surface area contributed by atoms with Crippen LogP contribution in [0, 0.1) is 6.92 Å². The van der Waals surface area contributed by atoms with Crippen molar-refractivity contribution in [1.82, 2.24) is 4.98 Å². The van der Waals surface area contributed by atoms with E-state index >= 15 is 0 Å². The average Bonchev–Trinajstić information content (AvgIpc) is 3.16. The summed E-state index contributed by atoms with van der Waals surface area (Å²) in [6.07, 6.45) is 0.937. The van der Waals surface area contributed by atoms with Gasteiger partial charge in [-0.2, -0.15) is 0 Å². The summed E-state index contributed by atoms with van der Waals surface area (Å²) in [6.45, 7) is 3.66. The second kappa shape index (κ2) is 8.46. The monoisotopic (exact) mass is 381 g/mol. The van der Waals surface area contributed by atoms with Gasteiger partial charge in [-0.15, -0.1) is 11.3 Å². The number of carbonyl (C=O) groups is 2. The lowest BCUT2D eigenvalue weighted by atomic mass is 10.2. The number of anilines is 2. The predicted octanol–water partition coefficient (Wildman–Crippen LogP) is 4.11. The molecule has 1 heterocycles. The van der Waals surface area contributed by atoms with E-state index in [0.717, 1.165) is 5.56 Å². The maximum atomic E-state index is 12.4. The van der Waals surface area contributed by atoms with E-state index in [-0.39, 0.29) is 11.8 Å². The molecule has 0 spiro atoms. The first-order chi connectivity index (χ1) is 13.0. The fourth-order valence-corrected chi connectivity index (χ4v) is 2.83. The normalized spacial score (nSPS) is 11.5. The van der Waals surface area contributed by atoms with Gasteiger partial charge in [0, 0.05) is 22.8 Å². The molecule has 3 aromatic rings. The van der Waals surface area contributed by atoms with E-state index in [0.29, 0.717) is 22.1 Å². The first-order valence-electron chi connectivity index (χ1n) is 8.36. The van der Waals surface area contributed by atoms with E-state index < -0.39 is 6.10 Å². The van der Waals surface area contributed by atoms with Crippen molar-refractivity contribution in [2.45, 2.75) is 20.0 Å². The van der Waals surface area contributed by atoms with Crippen LogP contribution in [-0.2, 0) is 4.79 Å². The first-order valence-corrected chi connectivity index (χ1v) is 9.24. The number of nitrogens with one attached hydrogen (secondary N) is 2. The number of amides is 2. The van der Waals surface area contributed by atoms with Crippen LogP contribution in [0.25, 0.3) is 0 Å². The zero-order valence-electron chi connectivity index (χ0n) is 14.9. The molecule has 0 bridgehead atoms. The number of thiazole rings is 1. The van der Waals surface area contributed by atoms with Crippen LogP contribution in [0.1, 0.15) is 22.8 Å². The molecule has 0 aliphatic rings. The summed E-state index contributed by atoms with van der Waals surface area (Å²) < 4.78 is 5.65. The van der Waals surface area contributed by atoms with Gasteiger partial charge in [0.1, 0.15) is 5.75 Å². The Morgan fingerprint density at radius 3 is 2.59 bits per heavy atom. The number of hydrogen-bond donors (Lipinski definition) is 2. The molecule has 27 heavy (non-hydrogen) atoms. The molecular weight excluding hydrogens is 362 g/mol. The largest absolute Gasteiger partial charge is 0.481 e. The number of rotatable bonds is 6. The van der Waals surface area contributed by atoms with Crippen molar-refractivity contribution < 1.29 is 14.3 Å². The van der Waals surface area contributed by atoms with Crippen molar-refractivity contribution in [1.29, 1.82) is 0 Å². The third-order valence-electron chi connectivity index (χ3n) is 3.75. The number of aryl methyl sites for hydroxylation is 1. The van der Waals surface area contributed by atoms with Crippen LogP contribution in [0.5, 0.6) is 5.75 Å². The lowest BCUT2D eigenvalue weighted by molar-refractivity contribution is -0.122. The van der Waals surface area contributed by atoms with Crippen LogP contribution in [0.2, 0.25) is 0 Å². The highest BCUT2D eigenvalue weighted by Crippen LogP contribution is 2.17. The fourth-order valence-electron chi connectivity index (χ4n) is 2.31. The van der Waals surface area contributed by atoms with Crippen LogP contribution in [0.15, 0.2) is 60.1 Å². The van der Waals surface area contributed by atoms with Crippen LogP contribution in [0.3, 0.4) is 0 Å². The van der Waals surface area contributed by atoms with Crippen molar-refractivity contribution in [3.8, 4) is 5.75 Å². The summed E-state index contributed by atoms with van der Waals surface area (Å²) >= 11 is 1.34. The van der Waals surface area contributed by atoms with Gasteiger partial charge >= 0.3 is 0 Å². The van der Waals surface area contributed by atoms with E-state index in [1.165, 1.54) is 11.3 Å². The standard InChI is InChI=1S/C20H19N3O3S/c1-13-6-8-17(9-7-13)26-14(2)18(24)22-16-5-3-4-15(12-16)19(25)23-20-21-10-11-27-20/h3-12,14H,1-2H3,(H,22,24)(H,21,23,25). The molecular formula is C20H19N3O3S. The number of ether oxygens (including phenoxy) is 1. The van der Waals surface area contributed by atoms with Gasteiger partial charge in [-0.1, -0.05) is 23.8 Å². The minimum absolute atomic E-state index is 0.287. The predicted molar refractivity (Wildman–Crippen MR) is 106 cm³/mol. The third kappa shape index (κ3) is 5.15. The van der Waals surface area contributed by atoms with Gasteiger partial charge in [-0.3, -0.25) is 14.9 Å². The van der Waals surface area contributed by atoms with E-state index in [1.807, 2.05) is 31.2 Å². The molecule has 0 radical (unpaired) electrons. The maximum absolute atomic E-state index is 12.4. The van der Waals surface area contributed by atoms with Crippen molar-refractivity contribution >= 4 is 34.0 Å². The summed E-state index contributed by atoms with van der Waals surface area (Å²) in [7, 11) is 0. The summed E-state index contributed by atoms with van der Waals surface area (Å²) in [5, 5.41) is 7.78. The Balaban J connectivity index is 1.61. The van der Waals surface area contributed by atoms with Crippen molar-refractivity contribution in [2.24, 2.45) is 0 Å². The summed E-state index contributed by atoms with van der Waals surface area (Å²) in [6, 6.07) is 14.2. The molecule has 2 aromatic carbocycles. The van der Waals surface area contributed by atoms with Crippen LogP contribution >= 0.6 is 11.3 Å². The molecule has 0 aliphatic carbocycles. The van der Waals surface area contributed by atoms with E-state index in [1.54, 1.807) is 42.8 Å². The van der Waals surface area contributed by atoms with Crippen molar-refractivity contribution in [3.05, 3.63) is 71.2 Å². The van der Waals surface area contributed by atoms with E-state index in [4.69, 9.17) is 4.74 Å². The Kier molecular flexibility index (Phi) is 5.83. The average molecular weight is 381 g/mol. The second-order valence-electron chi connectivity index (χ2n) is 5.93. The molecule has 138 valence electrons. The number of aromatic nitrogens is 1. The fraction of sp³-hybridized carbons (Fsp3) is 0.150. The first kappa shape index (κ1) is 18.6. The molecule has 3 rings (SSSR count). The Morgan fingerprint density at radius 1 is 1.11 bits per heavy atom. The van der Waals surface area contributed by atoms with Crippen LogP contribution in [0.4, 0.5) is 10.8 Å². The van der Waals surface area contributed by atoms with E-state index in [2.05, 4.69) is 15.6 Å². The highest BCUT2D eigenvalue weighted by atomic mass is 32.1. The Bertz CT molecular complexity index is 924. The molecule has 6 nitrogen and oxygen atoms in total. The lowest BCUT2D eigenvalue weighted by Gasteiger charge is -2.15. The smallest absolute Gasteiger partial charge is 0.265 e. The Hall–Kier alpha value is -3.19. The van der Waals surface area contributed by atoms with Crippen LogP contribution < -0.4 is 15.4 Å². The molecule has 1 aromatic heterocycles. The Morgan fingerprint density at radius 2 is 1.89 bits per heavy atom. The van der Waals surface area contributed by atoms with Gasteiger partial charge in [0.2, 0.25) is 0 Å². The molecule has 0 saturated carbocycles. The summed E-state index contributed by atoms with van der Waals surface area (Å²) in [4.78, 5) is 28.7. The maximum Gasteiger partial charge on any atom is 0.265 e. The lowest BCUT2D eigenvalue weighted by Crippen LogP contribution is -2.30. The molecule has 0 fully saturated rings. The molecule has 0 saturated heterocycles. The molecule has 1 unspecified atom stereocenters. The minimum Gasteiger partial charge on any atom is -0.481 e. The van der Waals surface area contributed by atoms with Gasteiger partial charge < -0.3 is 10.1 Å². The highest BCUT2D eigenvalue weighted by Gasteiger charge is 2.16. The number of nitrogens with zero attached hydrogens (tertiary/aromatic N) is 1. The minimum atomic E-state index is -0.680. The number of carbonyl (C=O) groups excluding carboxylic acids is 2. The molecule has 2 N–H and O–H groups in total. The molecule has 0 aliphatic heterocycles. The van der Waals surface area contributed by atoms with Crippen molar-refractivity contribution in [2.75, 3.05) is 10.6 Å². The number of hydrogen-bond acceptors (Lipinski definition) is 5. The van der Waals surface area contributed by atoms with Crippen LogP contribution in [-0.4, -0.2) is 22.9 Å². The second-order valence-corrected chi connectivity index (χ2v) is 6.83. The zero-order valence-corrected chi connectivity index (χ0v) is 15.7. The number of benzene rings is 2. The Labute approximate surface area is 161 Å². The molecule has 7 heteroatoms. The van der Waals surface area contributed by atoms with E-state index in [9.17, 15) is 9.59 Å². The van der Waals surface area contributed by atoms with Gasteiger partial charge in [-0.25, -0.2) is 4.98 Å². The third-order valence-corrected chi connectivity index (χ3v) is 4.44. The van der Waals surface area contributed by atoms with Gasteiger partial charge in [0.05, 0.1) is 0 Å². The van der Waals surface area contributed by atoms with Gasteiger partial charge in [0.25, 0.3) is 11.8 Å². The molecule has 1 atom stereocenters. The highest BCUT2D eigenvalue weighted by molar-refractivity contribution is 7.13. The van der Waals surface area contributed by atoms with Crippen molar-refractivity contribution in [3.63, 3.8) is 0 Å². The summed E-state index contributed by atoms with van der Waals surface area (Å²) in [5.41, 5.74) is 2.06. The van der Waals surface area contributed by atoms with Gasteiger partial charge in [-0.05, 0) is 44.2 Å². The quantitative estimate of drug-likeness (QED) is 0.673. The summed E-state index contributed by atoms with van der Waals surface area (Å²) in [5.74, 6) is 0.0397. The zero-order chi connectivity index (χ0) is 19.2. The SMILES string of the molecule is Cc1ccc(OC(C)C(=O)Nc2cccc(C(=O)Nc3nccs3)c2)cc1. The molecule has 2 amide bonds.